The molecule has 128 valence electrons. The molecule has 0 unspecified atom stereocenters. The zero-order chi connectivity index (χ0) is 16.7. The molecule has 2 rings (SSSR count). The third kappa shape index (κ3) is 5.41. The Hall–Kier alpha value is -1.78. The molecular weight excluding hydrogens is 288 g/mol. The Morgan fingerprint density at radius 1 is 1.35 bits per heavy atom. The van der Waals surface area contributed by atoms with Crippen molar-refractivity contribution in [3.05, 3.63) is 23.9 Å². The summed E-state index contributed by atoms with van der Waals surface area (Å²) in [5.74, 6) is 3.19. The summed E-state index contributed by atoms with van der Waals surface area (Å²) in [6.07, 6.45) is 6.85. The van der Waals surface area contributed by atoms with Gasteiger partial charge in [-0.2, -0.15) is 0 Å². The first kappa shape index (κ1) is 17.6. The maximum absolute atomic E-state index is 5.15. The van der Waals surface area contributed by atoms with Crippen molar-refractivity contribution in [3.63, 3.8) is 0 Å². The van der Waals surface area contributed by atoms with Crippen LogP contribution in [0.15, 0.2) is 23.3 Å². The van der Waals surface area contributed by atoms with Crippen molar-refractivity contribution in [1.29, 1.82) is 0 Å². The molecular formula is C18H30N4O. The maximum Gasteiger partial charge on any atom is 0.213 e. The smallest absolute Gasteiger partial charge is 0.213 e. The first-order chi connectivity index (χ1) is 11.1. The summed E-state index contributed by atoms with van der Waals surface area (Å²) in [5, 5.41) is 6.93. The number of guanidine groups is 1. The lowest BCUT2D eigenvalue weighted by Crippen LogP contribution is -2.44. The van der Waals surface area contributed by atoms with Crippen LogP contribution in [0.4, 0.5) is 0 Å². The predicted molar refractivity (Wildman–Crippen MR) is 94.7 cm³/mol. The zero-order valence-corrected chi connectivity index (χ0v) is 14.8. The van der Waals surface area contributed by atoms with Gasteiger partial charge in [-0.1, -0.05) is 13.8 Å². The van der Waals surface area contributed by atoms with Crippen molar-refractivity contribution < 1.29 is 4.74 Å². The molecule has 1 aromatic rings. The second-order valence-corrected chi connectivity index (χ2v) is 6.63. The zero-order valence-electron chi connectivity index (χ0n) is 14.8. The molecule has 0 atom stereocenters. The van der Waals surface area contributed by atoms with Crippen molar-refractivity contribution in [2.45, 2.75) is 52.1 Å². The summed E-state index contributed by atoms with van der Waals surface area (Å²) in [6.45, 7) is 5.38. The fourth-order valence-corrected chi connectivity index (χ4v) is 3.18. The van der Waals surface area contributed by atoms with Crippen LogP contribution in [0.5, 0.6) is 5.88 Å². The van der Waals surface area contributed by atoms with Gasteiger partial charge in [-0.15, -0.1) is 0 Å². The molecule has 0 spiro atoms. The lowest BCUT2D eigenvalue weighted by Gasteiger charge is -2.32. The highest BCUT2D eigenvalue weighted by Gasteiger charge is 2.23. The number of methoxy groups -OCH3 is 1. The molecule has 1 aliphatic carbocycles. The molecule has 0 aromatic carbocycles. The van der Waals surface area contributed by atoms with Crippen LogP contribution in [0.3, 0.4) is 0 Å². The van der Waals surface area contributed by atoms with E-state index in [1.165, 1.54) is 25.7 Å². The number of hydrogen-bond acceptors (Lipinski definition) is 3. The molecule has 2 N–H and O–H groups in total. The molecule has 1 aromatic heterocycles. The van der Waals surface area contributed by atoms with E-state index in [-0.39, 0.29) is 0 Å². The van der Waals surface area contributed by atoms with Crippen molar-refractivity contribution in [2.75, 3.05) is 14.2 Å². The minimum atomic E-state index is 0.531. The van der Waals surface area contributed by atoms with Crippen LogP contribution in [-0.2, 0) is 6.54 Å². The number of nitrogens with one attached hydrogen (secondary N) is 2. The van der Waals surface area contributed by atoms with E-state index < -0.39 is 0 Å². The van der Waals surface area contributed by atoms with Gasteiger partial charge in [0.05, 0.1) is 7.11 Å². The minimum absolute atomic E-state index is 0.531. The molecule has 0 aliphatic heterocycles. The van der Waals surface area contributed by atoms with Crippen molar-refractivity contribution in [1.82, 2.24) is 15.6 Å². The highest BCUT2D eigenvalue weighted by atomic mass is 16.5. The average molecular weight is 318 g/mol. The number of hydrogen-bond donors (Lipinski definition) is 2. The number of ether oxygens (including phenoxy) is 1. The van der Waals surface area contributed by atoms with E-state index in [2.05, 4.69) is 34.5 Å². The van der Waals surface area contributed by atoms with Crippen molar-refractivity contribution in [3.8, 4) is 5.88 Å². The topological polar surface area (TPSA) is 58.5 Å². The Balaban J connectivity index is 1.80. The minimum Gasteiger partial charge on any atom is -0.481 e. The molecule has 0 bridgehead atoms. The van der Waals surface area contributed by atoms with Crippen LogP contribution in [0.1, 0.15) is 45.1 Å². The standard InChI is InChI=1S/C18H30N4O/c1-13(2)15-5-7-16(8-6-15)22-18(19-3)21-12-14-9-10-20-17(11-14)23-4/h9-11,13,15-16H,5-8,12H2,1-4H3,(H2,19,21,22). The van der Waals surface area contributed by atoms with Crippen molar-refractivity contribution in [2.24, 2.45) is 16.8 Å². The van der Waals surface area contributed by atoms with Crippen LogP contribution in [0, 0.1) is 11.8 Å². The number of aromatic nitrogens is 1. The van der Waals surface area contributed by atoms with E-state index >= 15 is 0 Å². The van der Waals surface area contributed by atoms with Gasteiger partial charge in [-0.05, 0) is 49.1 Å². The molecule has 1 saturated carbocycles. The monoisotopic (exact) mass is 318 g/mol. The Bertz CT molecular complexity index is 507. The molecule has 0 saturated heterocycles. The van der Waals surface area contributed by atoms with Gasteiger partial charge in [0.2, 0.25) is 5.88 Å². The maximum atomic E-state index is 5.15. The van der Waals surface area contributed by atoms with E-state index in [0.29, 0.717) is 18.5 Å². The van der Waals surface area contributed by atoms with Crippen LogP contribution in [-0.4, -0.2) is 31.1 Å². The van der Waals surface area contributed by atoms with E-state index in [1.54, 1.807) is 13.3 Å². The van der Waals surface area contributed by atoms with Crippen LogP contribution in [0.25, 0.3) is 0 Å². The highest BCUT2D eigenvalue weighted by molar-refractivity contribution is 5.79. The van der Waals surface area contributed by atoms with Gasteiger partial charge in [0.15, 0.2) is 5.96 Å². The molecule has 5 heteroatoms. The summed E-state index contributed by atoms with van der Waals surface area (Å²) in [7, 11) is 3.45. The number of rotatable bonds is 5. The number of nitrogens with zero attached hydrogens (tertiary/aromatic N) is 2. The number of pyridine rings is 1. The van der Waals surface area contributed by atoms with Crippen LogP contribution in [0.2, 0.25) is 0 Å². The summed E-state index contributed by atoms with van der Waals surface area (Å²) >= 11 is 0. The van der Waals surface area contributed by atoms with Gasteiger partial charge < -0.3 is 15.4 Å². The van der Waals surface area contributed by atoms with Gasteiger partial charge >= 0.3 is 0 Å². The van der Waals surface area contributed by atoms with E-state index in [4.69, 9.17) is 4.74 Å². The largest absolute Gasteiger partial charge is 0.481 e. The second-order valence-electron chi connectivity index (χ2n) is 6.63. The average Bonchev–Trinajstić information content (AvgIpc) is 2.59. The van der Waals surface area contributed by atoms with Crippen LogP contribution < -0.4 is 15.4 Å². The van der Waals surface area contributed by atoms with Gasteiger partial charge in [-0.25, -0.2) is 4.98 Å². The van der Waals surface area contributed by atoms with Gasteiger partial charge in [0, 0.05) is 31.9 Å². The normalized spacial score (nSPS) is 22.0. The van der Waals surface area contributed by atoms with E-state index in [9.17, 15) is 0 Å². The Morgan fingerprint density at radius 2 is 2.09 bits per heavy atom. The quantitative estimate of drug-likeness (QED) is 0.647. The molecule has 5 nitrogen and oxygen atoms in total. The second kappa shape index (κ2) is 8.75. The third-order valence-corrected chi connectivity index (χ3v) is 4.75. The molecule has 0 radical (unpaired) electrons. The number of aliphatic imine (C=N–C) groups is 1. The van der Waals surface area contributed by atoms with Crippen molar-refractivity contribution >= 4 is 5.96 Å². The SMILES string of the molecule is CN=C(NCc1ccnc(OC)c1)NC1CCC(C(C)C)CC1. The summed E-state index contributed by atoms with van der Waals surface area (Å²) in [4.78, 5) is 8.47. The highest BCUT2D eigenvalue weighted by Crippen LogP contribution is 2.29. The third-order valence-electron chi connectivity index (χ3n) is 4.75. The fourth-order valence-electron chi connectivity index (χ4n) is 3.18. The first-order valence-corrected chi connectivity index (χ1v) is 8.58. The first-order valence-electron chi connectivity index (χ1n) is 8.58. The predicted octanol–water partition coefficient (Wildman–Crippen LogP) is 2.97. The molecule has 23 heavy (non-hydrogen) atoms. The lowest BCUT2D eigenvalue weighted by molar-refractivity contribution is 0.250. The van der Waals surface area contributed by atoms with E-state index in [1.807, 2.05) is 19.2 Å². The molecule has 1 aliphatic rings. The molecule has 1 heterocycles. The van der Waals surface area contributed by atoms with Crippen LogP contribution >= 0.6 is 0 Å². The summed E-state index contributed by atoms with van der Waals surface area (Å²) < 4.78 is 5.15. The summed E-state index contributed by atoms with van der Waals surface area (Å²) in [5.41, 5.74) is 1.13. The van der Waals surface area contributed by atoms with Gasteiger partial charge in [0.25, 0.3) is 0 Å². The Labute approximate surface area is 139 Å². The van der Waals surface area contributed by atoms with Gasteiger partial charge in [0.1, 0.15) is 0 Å². The fraction of sp³-hybridized carbons (Fsp3) is 0.667. The summed E-state index contributed by atoms with van der Waals surface area (Å²) in [6, 6.07) is 4.45. The Morgan fingerprint density at radius 3 is 2.70 bits per heavy atom. The Kier molecular flexibility index (Phi) is 6.68. The lowest BCUT2D eigenvalue weighted by atomic mass is 9.80. The van der Waals surface area contributed by atoms with Gasteiger partial charge in [-0.3, -0.25) is 4.99 Å². The van der Waals surface area contributed by atoms with E-state index in [0.717, 1.165) is 23.4 Å². The molecule has 1 fully saturated rings. The molecule has 0 amide bonds.